The van der Waals surface area contributed by atoms with Gasteiger partial charge in [0.1, 0.15) is 6.10 Å². The van der Waals surface area contributed by atoms with Crippen LogP contribution >= 0.6 is 23.2 Å². The normalized spacial score (nSPS) is 12.3. The molecule has 1 unspecified atom stereocenters. The highest BCUT2D eigenvalue weighted by atomic mass is 35.5. The second kappa shape index (κ2) is 4.62. The first-order valence-corrected chi connectivity index (χ1v) is 4.74. The number of carbonyl (C=O) groups is 1. The maximum absolute atomic E-state index is 10.7. The standard InChI is InChI=1S/C9H9Cl2NO2/c1-5(14-6(2)13)9-7(10)3-12-4-8(9)11/h3-5H,1-2H3. The Balaban J connectivity index is 2.99. The average molecular weight is 234 g/mol. The van der Waals surface area contributed by atoms with Crippen molar-refractivity contribution in [1.29, 1.82) is 0 Å². The molecule has 0 aliphatic carbocycles. The van der Waals surface area contributed by atoms with Crippen molar-refractivity contribution in [3.8, 4) is 0 Å². The lowest BCUT2D eigenvalue weighted by molar-refractivity contribution is -0.145. The van der Waals surface area contributed by atoms with E-state index in [9.17, 15) is 4.79 Å². The zero-order chi connectivity index (χ0) is 10.7. The van der Waals surface area contributed by atoms with Crippen LogP contribution in [0.3, 0.4) is 0 Å². The van der Waals surface area contributed by atoms with Crippen LogP contribution in [0.15, 0.2) is 12.4 Å². The third kappa shape index (κ3) is 2.59. The molecule has 0 N–H and O–H groups in total. The lowest BCUT2D eigenvalue weighted by atomic mass is 10.2. The number of carbonyl (C=O) groups excluding carboxylic acids is 1. The van der Waals surface area contributed by atoms with Gasteiger partial charge < -0.3 is 4.74 Å². The fourth-order valence-corrected chi connectivity index (χ4v) is 1.79. The summed E-state index contributed by atoms with van der Waals surface area (Å²) >= 11 is 11.7. The minimum absolute atomic E-state index is 0.374. The Morgan fingerprint density at radius 3 is 2.36 bits per heavy atom. The summed E-state index contributed by atoms with van der Waals surface area (Å²) < 4.78 is 4.96. The van der Waals surface area contributed by atoms with E-state index in [0.717, 1.165) is 0 Å². The van der Waals surface area contributed by atoms with Crippen molar-refractivity contribution in [2.75, 3.05) is 0 Å². The fourth-order valence-electron chi connectivity index (χ4n) is 1.12. The Morgan fingerprint density at radius 2 is 1.93 bits per heavy atom. The maximum atomic E-state index is 10.7. The predicted octanol–water partition coefficient (Wildman–Crippen LogP) is 3.01. The summed E-state index contributed by atoms with van der Waals surface area (Å²) in [5.41, 5.74) is 0.582. The monoisotopic (exact) mass is 233 g/mol. The highest BCUT2D eigenvalue weighted by molar-refractivity contribution is 6.35. The molecule has 0 saturated carbocycles. The van der Waals surface area contributed by atoms with Crippen LogP contribution < -0.4 is 0 Å². The van der Waals surface area contributed by atoms with E-state index in [4.69, 9.17) is 27.9 Å². The summed E-state index contributed by atoms with van der Waals surface area (Å²) in [7, 11) is 0. The first kappa shape index (κ1) is 11.3. The molecule has 0 bridgehead atoms. The molecule has 3 nitrogen and oxygen atoms in total. The molecule has 1 heterocycles. The number of hydrogen-bond acceptors (Lipinski definition) is 3. The number of rotatable bonds is 2. The SMILES string of the molecule is CC(=O)OC(C)c1c(Cl)cncc1Cl. The van der Waals surface area contributed by atoms with E-state index in [1.807, 2.05) is 0 Å². The molecule has 5 heteroatoms. The van der Waals surface area contributed by atoms with Gasteiger partial charge in [0.05, 0.1) is 10.0 Å². The van der Waals surface area contributed by atoms with Gasteiger partial charge in [-0.2, -0.15) is 0 Å². The Morgan fingerprint density at radius 1 is 1.43 bits per heavy atom. The number of ether oxygens (including phenoxy) is 1. The molecule has 76 valence electrons. The first-order valence-electron chi connectivity index (χ1n) is 3.98. The van der Waals surface area contributed by atoms with E-state index in [1.165, 1.54) is 19.3 Å². The zero-order valence-corrected chi connectivity index (χ0v) is 9.26. The number of pyridine rings is 1. The Bertz CT molecular complexity index is 334. The third-order valence-electron chi connectivity index (χ3n) is 1.64. The van der Waals surface area contributed by atoms with Crippen molar-refractivity contribution in [3.05, 3.63) is 28.0 Å². The van der Waals surface area contributed by atoms with Crippen molar-refractivity contribution >= 4 is 29.2 Å². The summed E-state index contributed by atoms with van der Waals surface area (Å²) in [5.74, 6) is -0.374. The van der Waals surface area contributed by atoms with Gasteiger partial charge in [-0.25, -0.2) is 0 Å². The molecule has 0 saturated heterocycles. The number of nitrogens with zero attached hydrogens (tertiary/aromatic N) is 1. The van der Waals surface area contributed by atoms with Gasteiger partial charge in [0.15, 0.2) is 0 Å². The molecule has 0 aliphatic heterocycles. The highest BCUT2D eigenvalue weighted by Crippen LogP contribution is 2.30. The van der Waals surface area contributed by atoms with Crippen molar-refractivity contribution < 1.29 is 9.53 Å². The van der Waals surface area contributed by atoms with Gasteiger partial charge in [-0.3, -0.25) is 9.78 Å². The molecule has 0 aromatic carbocycles. The van der Waals surface area contributed by atoms with Gasteiger partial charge in [-0.1, -0.05) is 23.2 Å². The molecular formula is C9H9Cl2NO2. The highest BCUT2D eigenvalue weighted by Gasteiger charge is 2.16. The van der Waals surface area contributed by atoms with Crippen LogP contribution in [0, 0.1) is 0 Å². The van der Waals surface area contributed by atoms with Crippen LogP contribution in [-0.2, 0) is 9.53 Å². The second-order valence-electron chi connectivity index (χ2n) is 2.77. The van der Waals surface area contributed by atoms with E-state index in [-0.39, 0.29) is 5.97 Å². The molecule has 0 radical (unpaired) electrons. The predicted molar refractivity (Wildman–Crippen MR) is 54.4 cm³/mol. The van der Waals surface area contributed by atoms with Crippen molar-refractivity contribution in [3.63, 3.8) is 0 Å². The number of hydrogen-bond donors (Lipinski definition) is 0. The Labute approximate surface area is 92.0 Å². The van der Waals surface area contributed by atoms with Crippen LogP contribution in [0.1, 0.15) is 25.5 Å². The minimum atomic E-state index is -0.463. The lowest BCUT2D eigenvalue weighted by Gasteiger charge is -2.14. The summed E-state index contributed by atoms with van der Waals surface area (Å²) in [6.07, 6.45) is 2.46. The van der Waals surface area contributed by atoms with Crippen LogP contribution in [0.25, 0.3) is 0 Å². The van der Waals surface area contributed by atoms with E-state index in [2.05, 4.69) is 4.98 Å². The van der Waals surface area contributed by atoms with Gasteiger partial charge >= 0.3 is 5.97 Å². The summed E-state index contributed by atoms with van der Waals surface area (Å²) in [6, 6.07) is 0. The van der Waals surface area contributed by atoms with Gasteiger partial charge in [0, 0.05) is 24.9 Å². The molecule has 1 atom stereocenters. The van der Waals surface area contributed by atoms with E-state index < -0.39 is 6.10 Å². The summed E-state index contributed by atoms with van der Waals surface area (Å²) in [4.78, 5) is 14.5. The average Bonchev–Trinajstić information content (AvgIpc) is 2.01. The van der Waals surface area contributed by atoms with Gasteiger partial charge in [-0.05, 0) is 6.92 Å². The van der Waals surface area contributed by atoms with Gasteiger partial charge in [0.25, 0.3) is 0 Å². The largest absolute Gasteiger partial charge is 0.458 e. The number of halogens is 2. The molecule has 0 spiro atoms. The second-order valence-corrected chi connectivity index (χ2v) is 3.58. The van der Waals surface area contributed by atoms with Crippen LogP contribution in [-0.4, -0.2) is 11.0 Å². The Kier molecular flexibility index (Phi) is 3.72. The summed E-state index contributed by atoms with van der Waals surface area (Å²) in [5, 5.41) is 0.789. The molecule has 0 amide bonds. The van der Waals surface area contributed by atoms with Gasteiger partial charge in [-0.15, -0.1) is 0 Å². The lowest BCUT2D eigenvalue weighted by Crippen LogP contribution is -2.06. The van der Waals surface area contributed by atoms with E-state index in [0.29, 0.717) is 15.6 Å². The molecule has 0 aliphatic rings. The minimum Gasteiger partial charge on any atom is -0.458 e. The molecule has 1 aromatic rings. The third-order valence-corrected chi connectivity index (χ3v) is 2.24. The van der Waals surface area contributed by atoms with E-state index in [1.54, 1.807) is 6.92 Å². The van der Waals surface area contributed by atoms with E-state index >= 15 is 0 Å². The quantitative estimate of drug-likeness (QED) is 0.738. The first-order chi connectivity index (χ1) is 6.52. The number of esters is 1. The van der Waals surface area contributed by atoms with Crippen LogP contribution in [0.2, 0.25) is 10.0 Å². The van der Waals surface area contributed by atoms with Gasteiger partial charge in [0.2, 0.25) is 0 Å². The molecular weight excluding hydrogens is 225 g/mol. The molecule has 1 aromatic heterocycles. The summed E-state index contributed by atoms with van der Waals surface area (Å²) in [6.45, 7) is 3.04. The van der Waals surface area contributed by atoms with Crippen LogP contribution in [0.5, 0.6) is 0 Å². The smallest absolute Gasteiger partial charge is 0.303 e. The number of aromatic nitrogens is 1. The topological polar surface area (TPSA) is 39.2 Å². The maximum Gasteiger partial charge on any atom is 0.303 e. The fraction of sp³-hybridized carbons (Fsp3) is 0.333. The Hall–Kier alpha value is -0.800. The van der Waals surface area contributed by atoms with Crippen molar-refractivity contribution in [1.82, 2.24) is 4.98 Å². The molecule has 1 rings (SSSR count). The van der Waals surface area contributed by atoms with Crippen molar-refractivity contribution in [2.24, 2.45) is 0 Å². The zero-order valence-electron chi connectivity index (χ0n) is 7.75. The van der Waals surface area contributed by atoms with Crippen LogP contribution in [0.4, 0.5) is 0 Å². The van der Waals surface area contributed by atoms with Crippen molar-refractivity contribution in [2.45, 2.75) is 20.0 Å². The molecule has 0 fully saturated rings. The molecule has 14 heavy (non-hydrogen) atoms.